The molecule has 0 aromatic heterocycles. The van der Waals surface area contributed by atoms with E-state index in [-0.39, 0.29) is 16.7 Å². The van der Waals surface area contributed by atoms with Crippen LogP contribution in [0, 0.1) is 24.4 Å². The first-order valence-corrected chi connectivity index (χ1v) is 11.5. The molecule has 5 rings (SSSR count). The number of benzene rings is 4. The molecule has 0 unspecified atom stereocenters. The molecule has 1 fully saturated rings. The Bertz CT molecular complexity index is 1260. The van der Waals surface area contributed by atoms with Gasteiger partial charge in [0.25, 0.3) is 0 Å². The van der Waals surface area contributed by atoms with E-state index in [0.29, 0.717) is 11.5 Å². The average molecular weight is 443 g/mol. The van der Waals surface area contributed by atoms with E-state index in [9.17, 15) is 13.2 Å². The van der Waals surface area contributed by atoms with Crippen LogP contribution in [0.5, 0.6) is 0 Å². The molecule has 0 aliphatic heterocycles. The predicted octanol–water partition coefficient (Wildman–Crippen LogP) is 9.07. The summed E-state index contributed by atoms with van der Waals surface area (Å²) < 4.78 is 42.7. The molecule has 0 atom stereocenters. The van der Waals surface area contributed by atoms with Crippen LogP contribution in [0.1, 0.15) is 42.7 Å². The van der Waals surface area contributed by atoms with E-state index in [0.717, 1.165) is 16.7 Å². The molecular formula is C30H25F3. The van der Waals surface area contributed by atoms with Crippen molar-refractivity contribution in [3.8, 4) is 33.4 Å². The van der Waals surface area contributed by atoms with Crippen LogP contribution in [-0.4, -0.2) is 0 Å². The number of halogens is 3. The van der Waals surface area contributed by atoms with Gasteiger partial charge in [-0.05, 0) is 77.3 Å². The summed E-state index contributed by atoms with van der Waals surface area (Å²) in [6.07, 6.45) is 5.23. The van der Waals surface area contributed by atoms with E-state index in [2.05, 4.69) is 24.3 Å². The van der Waals surface area contributed by atoms with E-state index >= 15 is 0 Å². The van der Waals surface area contributed by atoms with Crippen molar-refractivity contribution in [2.75, 3.05) is 0 Å². The first-order chi connectivity index (χ1) is 16.0. The zero-order valence-corrected chi connectivity index (χ0v) is 18.5. The SMILES string of the molecule is Cc1c(F)cc(-c2ccc(-c3ccc(-c4ccc(C5CCCC5)cc4)cc3)cc2F)cc1F. The van der Waals surface area contributed by atoms with Crippen LogP contribution in [0.25, 0.3) is 33.4 Å². The van der Waals surface area contributed by atoms with Gasteiger partial charge in [-0.3, -0.25) is 0 Å². The molecule has 0 amide bonds. The first kappa shape index (κ1) is 21.5. The van der Waals surface area contributed by atoms with Crippen LogP contribution in [0.15, 0.2) is 78.9 Å². The average Bonchev–Trinajstić information content (AvgIpc) is 3.37. The fourth-order valence-corrected chi connectivity index (χ4v) is 4.79. The Morgan fingerprint density at radius 3 is 1.55 bits per heavy atom. The second-order valence-electron chi connectivity index (χ2n) is 8.94. The van der Waals surface area contributed by atoms with Crippen LogP contribution in [0.4, 0.5) is 13.2 Å². The Kier molecular flexibility index (Phi) is 5.80. The highest BCUT2D eigenvalue weighted by molar-refractivity contribution is 5.74. The molecule has 4 aromatic rings. The quantitative estimate of drug-likeness (QED) is 0.296. The van der Waals surface area contributed by atoms with Crippen molar-refractivity contribution < 1.29 is 13.2 Å². The number of hydrogen-bond donors (Lipinski definition) is 0. The van der Waals surface area contributed by atoms with Crippen molar-refractivity contribution in [2.24, 2.45) is 0 Å². The predicted molar refractivity (Wildman–Crippen MR) is 129 cm³/mol. The highest BCUT2D eigenvalue weighted by Gasteiger charge is 2.17. The molecule has 33 heavy (non-hydrogen) atoms. The molecule has 0 saturated heterocycles. The lowest BCUT2D eigenvalue weighted by Crippen LogP contribution is -1.93. The molecule has 0 heterocycles. The Morgan fingerprint density at radius 1 is 0.545 bits per heavy atom. The van der Waals surface area contributed by atoms with Crippen molar-refractivity contribution in [3.63, 3.8) is 0 Å². The molecule has 0 radical (unpaired) electrons. The lowest BCUT2D eigenvalue weighted by molar-refractivity contribution is 0.568. The summed E-state index contributed by atoms with van der Waals surface area (Å²) in [5.41, 5.74) is 5.60. The maximum Gasteiger partial charge on any atom is 0.131 e. The summed E-state index contributed by atoms with van der Waals surface area (Å²) in [4.78, 5) is 0. The van der Waals surface area contributed by atoms with Gasteiger partial charge in [0.1, 0.15) is 17.5 Å². The molecule has 3 heteroatoms. The van der Waals surface area contributed by atoms with Crippen LogP contribution in [0.3, 0.4) is 0 Å². The highest BCUT2D eigenvalue weighted by atomic mass is 19.1. The van der Waals surface area contributed by atoms with E-state index < -0.39 is 17.5 Å². The third kappa shape index (κ3) is 4.32. The lowest BCUT2D eigenvalue weighted by atomic mass is 9.94. The van der Waals surface area contributed by atoms with Gasteiger partial charge in [0.15, 0.2) is 0 Å². The third-order valence-electron chi connectivity index (χ3n) is 6.85. The summed E-state index contributed by atoms with van der Waals surface area (Å²) >= 11 is 0. The van der Waals surface area contributed by atoms with Gasteiger partial charge in [-0.15, -0.1) is 0 Å². The van der Waals surface area contributed by atoms with Gasteiger partial charge in [-0.1, -0.05) is 73.5 Å². The van der Waals surface area contributed by atoms with Crippen molar-refractivity contribution in [3.05, 3.63) is 107 Å². The lowest BCUT2D eigenvalue weighted by Gasteiger charge is -2.11. The minimum absolute atomic E-state index is 0.0657. The topological polar surface area (TPSA) is 0 Å². The smallest absolute Gasteiger partial charge is 0.131 e. The summed E-state index contributed by atoms with van der Waals surface area (Å²) in [5, 5.41) is 0. The van der Waals surface area contributed by atoms with E-state index in [4.69, 9.17) is 0 Å². The fourth-order valence-electron chi connectivity index (χ4n) is 4.79. The molecular weight excluding hydrogens is 417 g/mol. The maximum atomic E-state index is 14.9. The first-order valence-electron chi connectivity index (χ1n) is 11.5. The zero-order valence-electron chi connectivity index (χ0n) is 18.5. The highest BCUT2D eigenvalue weighted by Crippen LogP contribution is 2.35. The largest absolute Gasteiger partial charge is 0.207 e. The van der Waals surface area contributed by atoms with E-state index in [1.165, 1.54) is 56.4 Å². The second kappa shape index (κ2) is 8.90. The molecule has 1 aliphatic carbocycles. The molecule has 0 N–H and O–H groups in total. The Balaban J connectivity index is 1.37. The summed E-state index contributed by atoms with van der Waals surface area (Å²) in [7, 11) is 0. The van der Waals surface area contributed by atoms with Gasteiger partial charge < -0.3 is 0 Å². The van der Waals surface area contributed by atoms with Crippen LogP contribution < -0.4 is 0 Å². The Hall–Kier alpha value is -3.33. The maximum absolute atomic E-state index is 14.9. The van der Waals surface area contributed by atoms with Gasteiger partial charge >= 0.3 is 0 Å². The monoisotopic (exact) mass is 442 g/mol. The minimum Gasteiger partial charge on any atom is -0.207 e. The molecule has 4 aromatic carbocycles. The van der Waals surface area contributed by atoms with Gasteiger partial charge in [-0.25, -0.2) is 13.2 Å². The minimum atomic E-state index is -0.680. The van der Waals surface area contributed by atoms with Crippen molar-refractivity contribution in [1.29, 1.82) is 0 Å². The molecule has 1 saturated carbocycles. The van der Waals surface area contributed by atoms with Crippen LogP contribution in [-0.2, 0) is 0 Å². The Labute approximate surface area is 192 Å². The summed E-state index contributed by atoms with van der Waals surface area (Å²) in [6, 6.07) is 24.0. The van der Waals surface area contributed by atoms with Crippen LogP contribution in [0.2, 0.25) is 0 Å². The van der Waals surface area contributed by atoms with Gasteiger partial charge in [0.05, 0.1) is 0 Å². The van der Waals surface area contributed by atoms with Gasteiger partial charge in [0.2, 0.25) is 0 Å². The molecule has 0 nitrogen and oxygen atoms in total. The van der Waals surface area contributed by atoms with Gasteiger partial charge in [-0.2, -0.15) is 0 Å². The number of rotatable bonds is 4. The van der Waals surface area contributed by atoms with E-state index in [1.807, 2.05) is 24.3 Å². The van der Waals surface area contributed by atoms with Crippen molar-refractivity contribution in [2.45, 2.75) is 38.5 Å². The second-order valence-corrected chi connectivity index (χ2v) is 8.94. The third-order valence-corrected chi connectivity index (χ3v) is 6.85. The van der Waals surface area contributed by atoms with Gasteiger partial charge in [0, 0.05) is 11.1 Å². The standard InChI is InChI=1S/C30H25F3/c1-19-28(31)17-26(18-29(19)32)27-15-14-25(16-30(27)33)24-12-10-23(11-13-24)22-8-6-21(7-9-22)20-4-2-3-5-20/h6-18,20H,2-5H2,1H3. The van der Waals surface area contributed by atoms with E-state index in [1.54, 1.807) is 12.1 Å². The fraction of sp³-hybridized carbons (Fsp3) is 0.200. The number of hydrogen-bond acceptors (Lipinski definition) is 0. The molecule has 0 bridgehead atoms. The normalized spacial score (nSPS) is 14.1. The molecule has 0 spiro atoms. The zero-order chi connectivity index (χ0) is 22.9. The summed E-state index contributed by atoms with van der Waals surface area (Å²) in [5.74, 6) is -1.17. The Morgan fingerprint density at radius 2 is 1.00 bits per heavy atom. The van der Waals surface area contributed by atoms with Crippen molar-refractivity contribution in [1.82, 2.24) is 0 Å². The van der Waals surface area contributed by atoms with Crippen LogP contribution >= 0.6 is 0 Å². The molecule has 166 valence electrons. The summed E-state index contributed by atoms with van der Waals surface area (Å²) in [6.45, 7) is 1.36. The molecule has 1 aliphatic rings. The van der Waals surface area contributed by atoms with Crippen molar-refractivity contribution >= 4 is 0 Å².